The van der Waals surface area contributed by atoms with Crippen molar-refractivity contribution >= 4 is 17.5 Å². The van der Waals surface area contributed by atoms with Crippen molar-refractivity contribution in [2.45, 2.75) is 51.4 Å². The summed E-state index contributed by atoms with van der Waals surface area (Å²) in [5.74, 6) is 1.88. The second kappa shape index (κ2) is 9.79. The maximum atomic E-state index is 13.5. The highest BCUT2D eigenvalue weighted by atomic mass is 32.2. The second-order valence-corrected chi connectivity index (χ2v) is 9.63. The molecular weight excluding hydrogens is 469 g/mol. The third-order valence-electron chi connectivity index (χ3n) is 6.14. The van der Waals surface area contributed by atoms with E-state index in [0.29, 0.717) is 34.7 Å². The van der Waals surface area contributed by atoms with Crippen LogP contribution in [-0.2, 0) is 11.3 Å². The van der Waals surface area contributed by atoms with Crippen molar-refractivity contribution < 1.29 is 18.4 Å². The number of rotatable bonds is 8. The summed E-state index contributed by atoms with van der Waals surface area (Å²) in [6.07, 6.45) is 2.03. The van der Waals surface area contributed by atoms with E-state index < -0.39 is 0 Å². The van der Waals surface area contributed by atoms with Crippen molar-refractivity contribution in [2.24, 2.45) is 0 Å². The minimum atomic E-state index is -0.308. The molecule has 0 saturated carbocycles. The summed E-state index contributed by atoms with van der Waals surface area (Å²) in [5.41, 5.74) is 3.12. The fraction of sp³-hybridized carbons (Fsp3) is 0.360. The van der Waals surface area contributed by atoms with Gasteiger partial charge in [0.25, 0.3) is 0 Å². The van der Waals surface area contributed by atoms with E-state index in [4.69, 9.17) is 9.26 Å². The van der Waals surface area contributed by atoms with Gasteiger partial charge in [-0.25, -0.2) is 4.39 Å². The second-order valence-electron chi connectivity index (χ2n) is 8.69. The molecule has 0 amide bonds. The number of benzene rings is 1. The summed E-state index contributed by atoms with van der Waals surface area (Å²) in [4.78, 5) is 13.2. The lowest BCUT2D eigenvalue weighted by Gasteiger charge is -2.14. The van der Waals surface area contributed by atoms with E-state index >= 15 is 0 Å². The third kappa shape index (κ3) is 4.81. The van der Waals surface area contributed by atoms with Gasteiger partial charge in [0.05, 0.1) is 18.4 Å². The molecule has 0 aliphatic carbocycles. The van der Waals surface area contributed by atoms with E-state index in [1.165, 1.54) is 23.9 Å². The summed E-state index contributed by atoms with van der Waals surface area (Å²) in [5, 5.41) is 13.5. The normalized spacial score (nSPS) is 15.7. The number of thioether (sulfide) groups is 1. The van der Waals surface area contributed by atoms with E-state index in [9.17, 15) is 9.18 Å². The first-order chi connectivity index (χ1) is 16.9. The number of aromatic nitrogens is 5. The van der Waals surface area contributed by atoms with Crippen molar-refractivity contribution in [3.05, 3.63) is 64.9 Å². The van der Waals surface area contributed by atoms with Crippen molar-refractivity contribution in [3.8, 4) is 17.2 Å². The van der Waals surface area contributed by atoms with Crippen LogP contribution in [0.1, 0.15) is 40.3 Å². The Bertz CT molecular complexity index is 1350. The quantitative estimate of drug-likeness (QED) is 0.253. The molecule has 1 aromatic carbocycles. The zero-order valence-corrected chi connectivity index (χ0v) is 20.6. The van der Waals surface area contributed by atoms with Crippen LogP contribution in [0.25, 0.3) is 17.2 Å². The Kier molecular flexibility index (Phi) is 6.57. The largest absolute Gasteiger partial charge is 0.376 e. The lowest BCUT2D eigenvalue weighted by molar-refractivity contribution is 0.0953. The van der Waals surface area contributed by atoms with Crippen LogP contribution in [0.15, 0.2) is 46.1 Å². The van der Waals surface area contributed by atoms with Crippen LogP contribution in [-0.4, -0.2) is 48.7 Å². The van der Waals surface area contributed by atoms with Gasteiger partial charge in [-0.1, -0.05) is 16.9 Å². The number of carbonyl (C=O) groups is 1. The Morgan fingerprint density at radius 1 is 1.17 bits per heavy atom. The number of nitrogens with zero attached hydrogens (tertiary/aromatic N) is 5. The van der Waals surface area contributed by atoms with Gasteiger partial charge in [0.1, 0.15) is 11.6 Å². The third-order valence-corrected chi connectivity index (χ3v) is 7.10. The zero-order valence-electron chi connectivity index (χ0n) is 19.8. The number of Topliss-reactive ketones (excluding diaryl/α,β-unsaturated/α-hetero) is 1. The number of aryl methyl sites for hydroxylation is 2. The maximum Gasteiger partial charge on any atom is 0.192 e. The Morgan fingerprint density at radius 2 is 1.97 bits per heavy atom. The van der Waals surface area contributed by atoms with Crippen LogP contribution in [0, 0.1) is 26.6 Å². The highest BCUT2D eigenvalue weighted by Crippen LogP contribution is 2.28. The molecule has 10 heteroatoms. The standard InChI is InChI=1S/C25H26FN5O3S/c1-15-11-21(17(3)31(15)23-12-16(2)34-29-23)22(32)14-35-25-28-27-24(18-6-8-19(26)9-7-18)30(25)13-20-5-4-10-33-20/h6-9,11-12,20H,4-5,10,13-14H2,1-3H3. The lowest BCUT2D eigenvalue weighted by Crippen LogP contribution is -2.17. The van der Waals surface area contributed by atoms with E-state index in [-0.39, 0.29) is 23.5 Å². The van der Waals surface area contributed by atoms with Crippen molar-refractivity contribution in [1.82, 2.24) is 24.5 Å². The Morgan fingerprint density at radius 3 is 2.66 bits per heavy atom. The molecule has 182 valence electrons. The molecule has 1 fully saturated rings. The average Bonchev–Trinajstić information content (AvgIpc) is 3.63. The molecule has 35 heavy (non-hydrogen) atoms. The fourth-order valence-electron chi connectivity index (χ4n) is 4.43. The maximum absolute atomic E-state index is 13.5. The minimum Gasteiger partial charge on any atom is -0.376 e. The average molecular weight is 496 g/mol. The van der Waals surface area contributed by atoms with E-state index in [1.54, 1.807) is 12.1 Å². The summed E-state index contributed by atoms with van der Waals surface area (Å²) in [6, 6.07) is 9.90. The molecule has 0 radical (unpaired) electrons. The highest BCUT2D eigenvalue weighted by molar-refractivity contribution is 7.99. The fourth-order valence-corrected chi connectivity index (χ4v) is 5.26. The number of hydrogen-bond acceptors (Lipinski definition) is 7. The first-order valence-corrected chi connectivity index (χ1v) is 12.5. The predicted octanol–water partition coefficient (Wildman–Crippen LogP) is 4.94. The molecule has 1 atom stereocenters. The molecule has 1 aliphatic rings. The number of ether oxygens (including phenoxy) is 1. The number of hydrogen-bond donors (Lipinski definition) is 0. The van der Waals surface area contributed by atoms with E-state index in [2.05, 4.69) is 15.4 Å². The molecule has 3 aromatic heterocycles. The lowest BCUT2D eigenvalue weighted by atomic mass is 10.2. The van der Waals surface area contributed by atoms with Crippen molar-refractivity contribution in [1.29, 1.82) is 0 Å². The van der Waals surface area contributed by atoms with Crippen LogP contribution in [0.4, 0.5) is 4.39 Å². The molecule has 0 N–H and O–H groups in total. The summed E-state index contributed by atoms with van der Waals surface area (Å²) in [7, 11) is 0. The van der Waals surface area contributed by atoms with Gasteiger partial charge >= 0.3 is 0 Å². The number of halogens is 1. The first kappa shape index (κ1) is 23.5. The van der Waals surface area contributed by atoms with Crippen molar-refractivity contribution in [3.63, 3.8) is 0 Å². The van der Waals surface area contributed by atoms with Crippen LogP contribution >= 0.6 is 11.8 Å². The predicted molar refractivity (Wildman–Crippen MR) is 129 cm³/mol. The smallest absolute Gasteiger partial charge is 0.192 e. The highest BCUT2D eigenvalue weighted by Gasteiger charge is 2.24. The molecule has 1 aliphatic heterocycles. The van der Waals surface area contributed by atoms with Gasteiger partial charge in [-0.2, -0.15) is 0 Å². The molecule has 4 aromatic rings. The Hall–Kier alpha value is -3.24. The van der Waals surface area contributed by atoms with Gasteiger partial charge in [0, 0.05) is 35.2 Å². The Labute approximate surface area is 206 Å². The van der Waals surface area contributed by atoms with Crippen LogP contribution in [0.3, 0.4) is 0 Å². The molecule has 5 rings (SSSR count). The summed E-state index contributed by atoms with van der Waals surface area (Å²) >= 11 is 1.34. The Balaban J connectivity index is 1.38. The van der Waals surface area contributed by atoms with Crippen LogP contribution in [0.2, 0.25) is 0 Å². The molecular formula is C25H26FN5O3S. The molecule has 1 saturated heterocycles. The monoisotopic (exact) mass is 495 g/mol. The molecule has 8 nitrogen and oxygen atoms in total. The van der Waals surface area contributed by atoms with E-state index in [0.717, 1.165) is 36.4 Å². The topological polar surface area (TPSA) is 88.0 Å². The summed E-state index contributed by atoms with van der Waals surface area (Å²) in [6.45, 7) is 6.99. The molecule has 1 unspecified atom stereocenters. The van der Waals surface area contributed by atoms with Gasteiger partial charge in [0.15, 0.2) is 22.6 Å². The molecule has 4 heterocycles. The van der Waals surface area contributed by atoms with E-state index in [1.807, 2.05) is 42.0 Å². The minimum absolute atomic E-state index is 0.00966. The van der Waals surface area contributed by atoms with Crippen molar-refractivity contribution in [2.75, 3.05) is 12.4 Å². The first-order valence-electron chi connectivity index (χ1n) is 11.5. The SMILES string of the molecule is Cc1cc(-n2c(C)cc(C(=O)CSc3nnc(-c4ccc(F)cc4)n3CC3CCCO3)c2C)no1. The van der Waals surface area contributed by atoms with Crippen LogP contribution < -0.4 is 0 Å². The van der Waals surface area contributed by atoms with Gasteiger partial charge in [0.2, 0.25) is 0 Å². The van der Waals surface area contributed by atoms with Gasteiger partial charge < -0.3 is 9.26 Å². The van der Waals surface area contributed by atoms with Gasteiger partial charge in [-0.3, -0.25) is 13.9 Å². The zero-order chi connectivity index (χ0) is 24.5. The number of ketones is 1. The molecule has 0 bridgehead atoms. The summed E-state index contributed by atoms with van der Waals surface area (Å²) < 4.78 is 28.4. The number of carbonyl (C=O) groups excluding carboxylic acids is 1. The molecule has 0 spiro atoms. The van der Waals surface area contributed by atoms with Crippen LogP contribution in [0.5, 0.6) is 0 Å². The van der Waals surface area contributed by atoms with Gasteiger partial charge in [-0.15, -0.1) is 10.2 Å². The van der Waals surface area contributed by atoms with Gasteiger partial charge in [-0.05, 0) is 63.9 Å².